The van der Waals surface area contributed by atoms with Crippen LogP contribution in [0, 0.1) is 5.92 Å². The van der Waals surface area contributed by atoms with Gasteiger partial charge in [-0.25, -0.2) is 0 Å². The highest BCUT2D eigenvalue weighted by Gasteiger charge is 2.34. The van der Waals surface area contributed by atoms with Crippen LogP contribution in [0.2, 0.25) is 0 Å². The molecule has 3 aliphatic rings. The quantitative estimate of drug-likeness (QED) is 0.858. The van der Waals surface area contributed by atoms with E-state index in [0.717, 1.165) is 5.92 Å². The van der Waals surface area contributed by atoms with Crippen LogP contribution in [0.25, 0.3) is 0 Å². The Morgan fingerprint density at radius 1 is 1.18 bits per heavy atom. The van der Waals surface area contributed by atoms with Crippen LogP contribution in [0.1, 0.15) is 31.4 Å². The first-order valence-electron chi connectivity index (χ1n) is 6.86. The summed E-state index contributed by atoms with van der Waals surface area (Å²) in [7, 11) is 0. The van der Waals surface area contributed by atoms with Gasteiger partial charge >= 0.3 is 0 Å². The van der Waals surface area contributed by atoms with Crippen LogP contribution in [0.4, 0.5) is 0 Å². The standard InChI is InChI=1S/C15H22N2/c1-12(13-5-3-2-4-6-13)16-15-11-17-9-7-14(15)8-10-17/h2-6,12,14-16H,7-11H2,1H3/t12-,15?/m0/s1. The molecule has 3 heterocycles. The molecule has 3 aliphatic heterocycles. The number of rotatable bonds is 3. The lowest BCUT2D eigenvalue weighted by Gasteiger charge is -2.46. The van der Waals surface area contributed by atoms with Crippen molar-refractivity contribution in [1.82, 2.24) is 10.2 Å². The summed E-state index contributed by atoms with van der Waals surface area (Å²) in [5, 5.41) is 3.82. The largest absolute Gasteiger partial charge is 0.306 e. The second-order valence-corrected chi connectivity index (χ2v) is 5.54. The topological polar surface area (TPSA) is 15.3 Å². The molecule has 2 bridgehead atoms. The van der Waals surface area contributed by atoms with E-state index in [4.69, 9.17) is 0 Å². The molecule has 92 valence electrons. The summed E-state index contributed by atoms with van der Waals surface area (Å²) in [6.07, 6.45) is 2.78. The first kappa shape index (κ1) is 11.2. The molecule has 2 nitrogen and oxygen atoms in total. The average Bonchev–Trinajstić information content (AvgIpc) is 2.41. The molecule has 4 rings (SSSR count). The van der Waals surface area contributed by atoms with E-state index in [1.165, 1.54) is 38.0 Å². The summed E-state index contributed by atoms with van der Waals surface area (Å²) in [5.74, 6) is 0.908. The Labute approximate surface area is 104 Å². The molecular formula is C15H22N2. The Morgan fingerprint density at radius 2 is 1.88 bits per heavy atom. The van der Waals surface area contributed by atoms with E-state index in [1.54, 1.807) is 0 Å². The van der Waals surface area contributed by atoms with Gasteiger partial charge in [-0.3, -0.25) is 0 Å². The third kappa shape index (κ3) is 2.38. The van der Waals surface area contributed by atoms with Crippen LogP contribution in [0.5, 0.6) is 0 Å². The van der Waals surface area contributed by atoms with Crippen LogP contribution >= 0.6 is 0 Å². The molecule has 3 saturated heterocycles. The predicted molar refractivity (Wildman–Crippen MR) is 70.9 cm³/mol. The molecule has 0 saturated carbocycles. The first-order valence-corrected chi connectivity index (χ1v) is 6.86. The van der Waals surface area contributed by atoms with Crippen molar-refractivity contribution in [3.05, 3.63) is 35.9 Å². The average molecular weight is 230 g/mol. The minimum Gasteiger partial charge on any atom is -0.306 e. The van der Waals surface area contributed by atoms with Crippen molar-refractivity contribution in [1.29, 1.82) is 0 Å². The molecule has 0 radical (unpaired) electrons. The molecule has 1 aromatic rings. The van der Waals surface area contributed by atoms with Crippen LogP contribution in [0.15, 0.2) is 30.3 Å². The fourth-order valence-corrected chi connectivity index (χ4v) is 3.31. The van der Waals surface area contributed by atoms with Crippen molar-refractivity contribution < 1.29 is 0 Å². The van der Waals surface area contributed by atoms with Gasteiger partial charge in [0, 0.05) is 18.6 Å². The maximum absolute atomic E-state index is 3.82. The molecule has 0 aliphatic carbocycles. The number of nitrogens with zero attached hydrogens (tertiary/aromatic N) is 1. The summed E-state index contributed by atoms with van der Waals surface area (Å²) in [6.45, 7) is 6.18. The lowest BCUT2D eigenvalue weighted by Crippen LogP contribution is -2.56. The van der Waals surface area contributed by atoms with Crippen molar-refractivity contribution in [3.8, 4) is 0 Å². The smallest absolute Gasteiger partial charge is 0.0294 e. The zero-order valence-corrected chi connectivity index (χ0v) is 10.6. The van der Waals surface area contributed by atoms with Crippen LogP contribution in [-0.2, 0) is 0 Å². The maximum Gasteiger partial charge on any atom is 0.0294 e. The molecule has 0 amide bonds. The number of fused-ring (bicyclic) bond motifs is 3. The number of nitrogens with one attached hydrogen (secondary N) is 1. The molecule has 0 spiro atoms. The van der Waals surface area contributed by atoms with Gasteiger partial charge < -0.3 is 10.2 Å². The van der Waals surface area contributed by atoms with E-state index in [2.05, 4.69) is 47.5 Å². The summed E-state index contributed by atoms with van der Waals surface area (Å²) in [5.41, 5.74) is 1.41. The summed E-state index contributed by atoms with van der Waals surface area (Å²) in [4.78, 5) is 2.61. The van der Waals surface area contributed by atoms with Crippen LogP contribution < -0.4 is 5.32 Å². The fraction of sp³-hybridized carbons (Fsp3) is 0.600. The molecule has 1 N–H and O–H groups in total. The van der Waals surface area contributed by atoms with E-state index < -0.39 is 0 Å². The Morgan fingerprint density at radius 3 is 2.47 bits per heavy atom. The van der Waals surface area contributed by atoms with E-state index in [-0.39, 0.29) is 0 Å². The fourth-order valence-electron chi connectivity index (χ4n) is 3.31. The Kier molecular flexibility index (Phi) is 3.17. The van der Waals surface area contributed by atoms with E-state index in [1.807, 2.05) is 0 Å². The lowest BCUT2D eigenvalue weighted by molar-refractivity contribution is 0.0680. The number of piperidine rings is 3. The minimum atomic E-state index is 0.474. The monoisotopic (exact) mass is 230 g/mol. The van der Waals surface area contributed by atoms with E-state index in [0.29, 0.717) is 12.1 Å². The zero-order chi connectivity index (χ0) is 11.7. The van der Waals surface area contributed by atoms with Crippen molar-refractivity contribution in [2.75, 3.05) is 19.6 Å². The van der Waals surface area contributed by atoms with Crippen LogP contribution in [0.3, 0.4) is 0 Å². The maximum atomic E-state index is 3.82. The third-order valence-electron chi connectivity index (χ3n) is 4.42. The van der Waals surface area contributed by atoms with Gasteiger partial charge in [0.05, 0.1) is 0 Å². The summed E-state index contributed by atoms with van der Waals surface area (Å²) in [6, 6.07) is 12.0. The van der Waals surface area contributed by atoms with Crippen molar-refractivity contribution in [3.63, 3.8) is 0 Å². The SMILES string of the molecule is C[C@H](NC1CN2CCC1CC2)c1ccccc1. The Hall–Kier alpha value is -0.860. The molecule has 2 heteroatoms. The molecule has 2 atom stereocenters. The molecule has 1 aromatic carbocycles. The van der Waals surface area contributed by atoms with Gasteiger partial charge in [0.1, 0.15) is 0 Å². The highest BCUT2D eigenvalue weighted by Crippen LogP contribution is 2.29. The molecular weight excluding hydrogens is 208 g/mol. The van der Waals surface area contributed by atoms with Gasteiger partial charge in [0.25, 0.3) is 0 Å². The number of hydrogen-bond donors (Lipinski definition) is 1. The third-order valence-corrected chi connectivity index (χ3v) is 4.42. The zero-order valence-electron chi connectivity index (χ0n) is 10.6. The summed E-state index contributed by atoms with van der Waals surface area (Å²) >= 11 is 0. The Balaban J connectivity index is 1.64. The lowest BCUT2D eigenvalue weighted by atomic mass is 9.83. The molecule has 0 aromatic heterocycles. The summed E-state index contributed by atoms with van der Waals surface area (Å²) < 4.78 is 0. The molecule has 3 fully saturated rings. The van der Waals surface area contributed by atoms with Gasteiger partial charge in [0.2, 0.25) is 0 Å². The van der Waals surface area contributed by atoms with Gasteiger partial charge in [-0.2, -0.15) is 0 Å². The van der Waals surface area contributed by atoms with Crippen molar-refractivity contribution >= 4 is 0 Å². The van der Waals surface area contributed by atoms with E-state index in [9.17, 15) is 0 Å². The van der Waals surface area contributed by atoms with Gasteiger partial charge in [-0.1, -0.05) is 30.3 Å². The molecule has 17 heavy (non-hydrogen) atoms. The van der Waals surface area contributed by atoms with Crippen LogP contribution in [-0.4, -0.2) is 30.6 Å². The molecule has 1 unspecified atom stereocenters. The Bertz CT molecular complexity index is 354. The highest BCUT2D eigenvalue weighted by atomic mass is 15.2. The normalized spacial score (nSPS) is 33.6. The van der Waals surface area contributed by atoms with Crippen molar-refractivity contribution in [2.24, 2.45) is 5.92 Å². The predicted octanol–water partition coefficient (Wildman–Crippen LogP) is 2.43. The van der Waals surface area contributed by atoms with Gasteiger partial charge in [0.15, 0.2) is 0 Å². The number of hydrogen-bond acceptors (Lipinski definition) is 2. The van der Waals surface area contributed by atoms with Crippen molar-refractivity contribution in [2.45, 2.75) is 31.8 Å². The first-order chi connectivity index (χ1) is 8.33. The number of benzene rings is 1. The minimum absolute atomic E-state index is 0.474. The highest BCUT2D eigenvalue weighted by molar-refractivity contribution is 5.18. The second-order valence-electron chi connectivity index (χ2n) is 5.54. The van der Waals surface area contributed by atoms with E-state index >= 15 is 0 Å². The van der Waals surface area contributed by atoms with Gasteiger partial charge in [-0.15, -0.1) is 0 Å². The second kappa shape index (κ2) is 4.79. The van der Waals surface area contributed by atoms with Gasteiger partial charge in [-0.05, 0) is 44.3 Å².